The minimum atomic E-state index is -0.789. The molecule has 1 N–H and O–H groups in total. The van der Waals surface area contributed by atoms with Gasteiger partial charge in [0.1, 0.15) is 11.1 Å². The SMILES string of the molecule is Cc1cccc(NC(=O)C[C@H]2SC(=O)N(c3ccc(F)cc3)C2=O)c1. The normalized spacial score (nSPS) is 17.0. The summed E-state index contributed by atoms with van der Waals surface area (Å²) in [4.78, 5) is 37.7. The lowest BCUT2D eigenvalue weighted by atomic mass is 10.2. The van der Waals surface area contributed by atoms with Crippen LogP contribution in [0.3, 0.4) is 0 Å². The summed E-state index contributed by atoms with van der Waals surface area (Å²) < 4.78 is 13.0. The molecule has 128 valence electrons. The van der Waals surface area contributed by atoms with Gasteiger partial charge < -0.3 is 5.32 Å². The van der Waals surface area contributed by atoms with Crippen molar-refractivity contribution in [2.24, 2.45) is 0 Å². The standard InChI is InChI=1S/C18H15FN2O3S/c1-11-3-2-4-13(9-11)20-16(22)10-15-17(23)21(18(24)25-15)14-7-5-12(19)6-8-14/h2-9,15H,10H2,1H3,(H,20,22)/t15-/m1/s1. The highest BCUT2D eigenvalue weighted by Crippen LogP contribution is 2.33. The number of aryl methyl sites for hydroxylation is 1. The van der Waals surface area contributed by atoms with Crippen molar-refractivity contribution in [3.8, 4) is 0 Å². The van der Waals surface area contributed by atoms with Crippen LogP contribution in [0.15, 0.2) is 48.5 Å². The zero-order chi connectivity index (χ0) is 18.0. The van der Waals surface area contributed by atoms with Crippen molar-refractivity contribution in [2.75, 3.05) is 10.2 Å². The van der Waals surface area contributed by atoms with Gasteiger partial charge in [-0.25, -0.2) is 9.29 Å². The minimum absolute atomic E-state index is 0.110. The van der Waals surface area contributed by atoms with Gasteiger partial charge in [0.2, 0.25) is 11.8 Å². The first kappa shape index (κ1) is 17.2. The molecule has 1 atom stereocenters. The van der Waals surface area contributed by atoms with Gasteiger partial charge in [-0.3, -0.25) is 14.4 Å². The third kappa shape index (κ3) is 3.88. The van der Waals surface area contributed by atoms with E-state index in [0.29, 0.717) is 11.4 Å². The van der Waals surface area contributed by atoms with Gasteiger partial charge in [0.25, 0.3) is 5.24 Å². The first-order valence-corrected chi connectivity index (χ1v) is 8.48. The molecule has 1 fully saturated rings. The molecule has 5 nitrogen and oxygen atoms in total. The maximum Gasteiger partial charge on any atom is 0.293 e. The average Bonchev–Trinajstić information content (AvgIpc) is 2.82. The maximum absolute atomic E-state index is 13.0. The number of nitrogens with one attached hydrogen (secondary N) is 1. The smallest absolute Gasteiger partial charge is 0.293 e. The average molecular weight is 358 g/mol. The second-order valence-corrected chi connectivity index (χ2v) is 6.80. The second-order valence-electron chi connectivity index (χ2n) is 5.64. The number of nitrogens with zero attached hydrogens (tertiary/aromatic N) is 1. The number of anilines is 2. The molecule has 1 aliphatic heterocycles. The molecule has 7 heteroatoms. The number of amides is 3. The van der Waals surface area contributed by atoms with Crippen molar-refractivity contribution in [1.29, 1.82) is 0 Å². The number of thioether (sulfide) groups is 1. The van der Waals surface area contributed by atoms with Crippen LogP contribution in [0.4, 0.5) is 20.6 Å². The summed E-state index contributed by atoms with van der Waals surface area (Å²) in [5, 5.41) is 1.47. The molecule has 3 amide bonds. The van der Waals surface area contributed by atoms with Crippen molar-refractivity contribution in [3.05, 3.63) is 59.9 Å². The van der Waals surface area contributed by atoms with Crippen LogP contribution in [0.5, 0.6) is 0 Å². The molecule has 3 rings (SSSR count). The van der Waals surface area contributed by atoms with Crippen LogP contribution >= 0.6 is 11.8 Å². The molecular weight excluding hydrogens is 343 g/mol. The number of carbonyl (C=O) groups excluding carboxylic acids is 3. The quantitative estimate of drug-likeness (QED) is 0.904. The molecule has 25 heavy (non-hydrogen) atoms. The number of imide groups is 1. The van der Waals surface area contributed by atoms with Crippen molar-refractivity contribution in [3.63, 3.8) is 0 Å². The van der Waals surface area contributed by atoms with Crippen LogP contribution in [-0.2, 0) is 9.59 Å². The van der Waals surface area contributed by atoms with Gasteiger partial charge in [-0.2, -0.15) is 0 Å². The van der Waals surface area contributed by atoms with Gasteiger partial charge in [0, 0.05) is 12.1 Å². The molecule has 0 aromatic heterocycles. The van der Waals surface area contributed by atoms with E-state index in [1.807, 2.05) is 25.1 Å². The Labute approximate surface area is 148 Å². The Hall–Kier alpha value is -2.67. The molecular formula is C18H15FN2O3S. The van der Waals surface area contributed by atoms with Crippen molar-refractivity contribution < 1.29 is 18.8 Å². The Bertz CT molecular complexity index is 838. The molecule has 0 saturated carbocycles. The Morgan fingerprint density at radius 2 is 1.92 bits per heavy atom. The molecule has 1 aliphatic rings. The van der Waals surface area contributed by atoms with Crippen molar-refractivity contribution in [1.82, 2.24) is 0 Å². The molecule has 2 aromatic rings. The van der Waals surface area contributed by atoms with Gasteiger partial charge >= 0.3 is 0 Å². The van der Waals surface area contributed by atoms with E-state index in [-0.39, 0.29) is 12.3 Å². The van der Waals surface area contributed by atoms with Crippen LogP contribution < -0.4 is 10.2 Å². The molecule has 2 aromatic carbocycles. The van der Waals surface area contributed by atoms with Crippen LogP contribution in [0, 0.1) is 12.7 Å². The first-order chi connectivity index (χ1) is 11.9. The minimum Gasteiger partial charge on any atom is -0.326 e. The highest BCUT2D eigenvalue weighted by molar-refractivity contribution is 8.15. The first-order valence-electron chi connectivity index (χ1n) is 7.61. The summed E-state index contributed by atoms with van der Waals surface area (Å²) in [5.41, 5.74) is 1.94. The van der Waals surface area contributed by atoms with Gasteiger partial charge in [-0.05, 0) is 60.6 Å². The Morgan fingerprint density at radius 1 is 1.20 bits per heavy atom. The predicted octanol–water partition coefficient (Wildman–Crippen LogP) is 3.73. The van der Waals surface area contributed by atoms with Crippen molar-refractivity contribution in [2.45, 2.75) is 18.6 Å². The van der Waals surface area contributed by atoms with E-state index in [9.17, 15) is 18.8 Å². The molecule has 0 bridgehead atoms. The molecule has 0 unspecified atom stereocenters. The lowest BCUT2D eigenvalue weighted by Crippen LogP contribution is -2.32. The van der Waals surface area contributed by atoms with Crippen molar-refractivity contribution >= 4 is 40.2 Å². The van der Waals surface area contributed by atoms with Crippen LogP contribution in [0.2, 0.25) is 0 Å². The summed E-state index contributed by atoms with van der Waals surface area (Å²) >= 11 is 0.806. The zero-order valence-corrected chi connectivity index (χ0v) is 14.2. The number of halogens is 1. The summed E-state index contributed by atoms with van der Waals surface area (Å²) in [5.74, 6) is -1.27. The Balaban J connectivity index is 1.67. The molecule has 0 aliphatic carbocycles. The zero-order valence-electron chi connectivity index (χ0n) is 13.4. The monoisotopic (exact) mass is 358 g/mol. The predicted molar refractivity (Wildman–Crippen MR) is 95.1 cm³/mol. The van der Waals surface area contributed by atoms with E-state index < -0.39 is 22.2 Å². The Morgan fingerprint density at radius 3 is 2.60 bits per heavy atom. The molecule has 0 spiro atoms. The summed E-state index contributed by atoms with van der Waals surface area (Å²) in [6, 6.07) is 12.4. The lowest BCUT2D eigenvalue weighted by Gasteiger charge is -2.13. The number of benzene rings is 2. The number of hydrogen-bond acceptors (Lipinski definition) is 4. The summed E-state index contributed by atoms with van der Waals surface area (Å²) in [6.45, 7) is 1.91. The van der Waals surface area contributed by atoms with E-state index in [2.05, 4.69) is 5.32 Å². The van der Waals surface area contributed by atoms with Crippen LogP contribution in [0.25, 0.3) is 0 Å². The molecule has 0 radical (unpaired) electrons. The molecule has 1 saturated heterocycles. The number of rotatable bonds is 4. The third-order valence-corrected chi connectivity index (χ3v) is 4.72. The number of hydrogen-bond donors (Lipinski definition) is 1. The highest BCUT2D eigenvalue weighted by atomic mass is 32.2. The van der Waals surface area contributed by atoms with E-state index in [1.54, 1.807) is 6.07 Å². The highest BCUT2D eigenvalue weighted by Gasteiger charge is 2.41. The maximum atomic E-state index is 13.0. The fraction of sp³-hybridized carbons (Fsp3) is 0.167. The van der Waals surface area contributed by atoms with E-state index in [4.69, 9.17) is 0 Å². The Kier molecular flexibility index (Phi) is 4.85. The van der Waals surface area contributed by atoms with Gasteiger partial charge in [0.05, 0.1) is 5.69 Å². The fourth-order valence-electron chi connectivity index (χ4n) is 2.51. The van der Waals surface area contributed by atoms with E-state index in [0.717, 1.165) is 22.2 Å². The molecule has 1 heterocycles. The van der Waals surface area contributed by atoms with Gasteiger partial charge in [-0.15, -0.1) is 0 Å². The number of carbonyl (C=O) groups is 3. The lowest BCUT2D eigenvalue weighted by molar-refractivity contribution is -0.121. The van der Waals surface area contributed by atoms with Crippen LogP contribution in [0.1, 0.15) is 12.0 Å². The third-order valence-electron chi connectivity index (χ3n) is 3.68. The summed E-state index contributed by atoms with van der Waals surface area (Å²) in [6.07, 6.45) is -0.110. The van der Waals surface area contributed by atoms with E-state index >= 15 is 0 Å². The van der Waals surface area contributed by atoms with Crippen LogP contribution in [-0.4, -0.2) is 22.3 Å². The second kappa shape index (κ2) is 7.06. The van der Waals surface area contributed by atoms with Gasteiger partial charge in [0.15, 0.2) is 0 Å². The summed E-state index contributed by atoms with van der Waals surface area (Å²) in [7, 11) is 0. The van der Waals surface area contributed by atoms with Gasteiger partial charge in [-0.1, -0.05) is 12.1 Å². The fourth-order valence-corrected chi connectivity index (χ4v) is 3.50. The topological polar surface area (TPSA) is 66.5 Å². The van der Waals surface area contributed by atoms with E-state index in [1.165, 1.54) is 24.3 Å². The largest absolute Gasteiger partial charge is 0.326 e.